The van der Waals surface area contributed by atoms with Gasteiger partial charge in [0.05, 0.1) is 28.9 Å². The molecule has 0 bridgehead atoms. The Morgan fingerprint density at radius 1 is 1.21 bits per heavy atom. The molecule has 1 atom stereocenters. The summed E-state index contributed by atoms with van der Waals surface area (Å²) in [5.74, 6) is -0.667. The Bertz CT molecular complexity index is 1510. The summed E-state index contributed by atoms with van der Waals surface area (Å²) in [6.45, 7) is 2.95. The Hall–Kier alpha value is -4.26. The van der Waals surface area contributed by atoms with Crippen LogP contribution >= 0.6 is 0 Å². The first-order chi connectivity index (χ1) is 16.1. The van der Waals surface area contributed by atoms with Crippen molar-refractivity contribution in [3.63, 3.8) is 0 Å². The van der Waals surface area contributed by atoms with E-state index in [0.29, 0.717) is 5.69 Å². The summed E-state index contributed by atoms with van der Waals surface area (Å²) in [5.41, 5.74) is -1.24. The van der Waals surface area contributed by atoms with Gasteiger partial charge in [-0.2, -0.15) is 18.4 Å². The average molecular weight is 468 g/mol. The van der Waals surface area contributed by atoms with Crippen molar-refractivity contribution in [3.05, 3.63) is 87.3 Å². The molecular weight excluding hydrogens is 452 g/mol. The van der Waals surface area contributed by atoms with Crippen LogP contribution in [-0.2, 0) is 6.18 Å². The van der Waals surface area contributed by atoms with Gasteiger partial charge in [-0.05, 0) is 44.2 Å². The molecule has 3 aromatic heterocycles. The molecule has 0 radical (unpaired) electrons. The molecule has 0 spiro atoms. The number of halogens is 4. The highest BCUT2D eigenvalue weighted by Crippen LogP contribution is 2.37. The monoisotopic (exact) mass is 468 g/mol. The predicted octanol–water partition coefficient (Wildman–Crippen LogP) is 5.76. The van der Waals surface area contributed by atoms with Crippen LogP contribution in [0.1, 0.15) is 35.3 Å². The number of pyridine rings is 2. The number of hydrogen-bond donors (Lipinski definition) is 1. The maximum absolute atomic E-state index is 13.8. The van der Waals surface area contributed by atoms with Gasteiger partial charge in [-0.1, -0.05) is 0 Å². The molecule has 0 aliphatic carbocycles. The van der Waals surface area contributed by atoms with Gasteiger partial charge in [-0.15, -0.1) is 0 Å². The predicted molar refractivity (Wildman–Crippen MR) is 116 cm³/mol. The van der Waals surface area contributed by atoms with Crippen LogP contribution in [0.25, 0.3) is 22.3 Å². The molecule has 1 aromatic carbocycles. The van der Waals surface area contributed by atoms with Gasteiger partial charge in [0.1, 0.15) is 23.2 Å². The van der Waals surface area contributed by atoms with Crippen molar-refractivity contribution >= 4 is 16.7 Å². The molecule has 0 unspecified atom stereocenters. The van der Waals surface area contributed by atoms with E-state index >= 15 is 0 Å². The van der Waals surface area contributed by atoms with Crippen molar-refractivity contribution in [1.82, 2.24) is 9.97 Å². The Morgan fingerprint density at radius 2 is 1.97 bits per heavy atom. The number of nitriles is 1. The second-order valence-electron chi connectivity index (χ2n) is 7.59. The molecule has 34 heavy (non-hydrogen) atoms. The third-order valence-corrected chi connectivity index (χ3v) is 5.29. The molecule has 3 heterocycles. The quantitative estimate of drug-likeness (QED) is 0.383. The van der Waals surface area contributed by atoms with Gasteiger partial charge >= 0.3 is 6.18 Å². The molecule has 4 aromatic rings. The second kappa shape index (κ2) is 8.59. The Labute approximate surface area is 190 Å². The SMILES string of the molecule is Cc1c(-c2cncc(F)c2)oc2c([C@@H](C)Nc3cccnc3C#N)cc(C(F)(F)F)cc2c1=O. The lowest BCUT2D eigenvalue weighted by atomic mass is 9.98. The first-order valence-corrected chi connectivity index (χ1v) is 10.0. The van der Waals surface area contributed by atoms with Crippen molar-refractivity contribution in [1.29, 1.82) is 5.26 Å². The second-order valence-corrected chi connectivity index (χ2v) is 7.59. The molecule has 0 saturated carbocycles. The van der Waals surface area contributed by atoms with E-state index in [2.05, 4.69) is 15.3 Å². The molecule has 0 amide bonds. The lowest BCUT2D eigenvalue weighted by Gasteiger charge is -2.20. The molecule has 4 rings (SSSR count). The van der Waals surface area contributed by atoms with Gasteiger partial charge in [-0.3, -0.25) is 9.78 Å². The van der Waals surface area contributed by atoms with E-state index in [-0.39, 0.29) is 39.1 Å². The van der Waals surface area contributed by atoms with Crippen molar-refractivity contribution in [3.8, 4) is 17.4 Å². The largest absolute Gasteiger partial charge is 0.455 e. The topological polar surface area (TPSA) is 91.8 Å². The summed E-state index contributed by atoms with van der Waals surface area (Å²) >= 11 is 0. The third-order valence-electron chi connectivity index (χ3n) is 5.29. The van der Waals surface area contributed by atoms with Gasteiger partial charge in [0, 0.05) is 29.1 Å². The van der Waals surface area contributed by atoms with Crippen LogP contribution in [0, 0.1) is 24.1 Å². The summed E-state index contributed by atoms with van der Waals surface area (Å²) in [4.78, 5) is 20.8. The molecule has 0 aliphatic rings. The zero-order valence-corrected chi connectivity index (χ0v) is 17.9. The molecule has 0 aliphatic heterocycles. The Balaban J connectivity index is 1.98. The average Bonchev–Trinajstić information content (AvgIpc) is 2.80. The van der Waals surface area contributed by atoms with E-state index in [1.807, 2.05) is 6.07 Å². The number of nitrogens with zero attached hydrogens (tertiary/aromatic N) is 3. The number of alkyl halides is 3. The van der Waals surface area contributed by atoms with Crippen molar-refractivity contribution < 1.29 is 22.0 Å². The number of nitrogens with one attached hydrogen (secondary N) is 1. The normalized spacial score (nSPS) is 12.4. The van der Waals surface area contributed by atoms with Gasteiger partial charge < -0.3 is 9.73 Å². The fraction of sp³-hybridized carbons (Fsp3) is 0.167. The highest BCUT2D eigenvalue weighted by molar-refractivity contribution is 5.84. The first-order valence-electron chi connectivity index (χ1n) is 10.0. The Kier molecular flexibility index (Phi) is 5.79. The number of rotatable bonds is 4. The van der Waals surface area contributed by atoms with Crippen LogP contribution in [0.5, 0.6) is 0 Å². The van der Waals surface area contributed by atoms with Crippen LogP contribution < -0.4 is 10.7 Å². The van der Waals surface area contributed by atoms with Crippen molar-refractivity contribution in [2.75, 3.05) is 5.32 Å². The third kappa shape index (κ3) is 4.20. The van der Waals surface area contributed by atoms with Crippen LogP contribution in [0.3, 0.4) is 0 Å². The number of hydrogen-bond acceptors (Lipinski definition) is 6. The molecule has 10 heteroatoms. The first kappa shape index (κ1) is 22.9. The van der Waals surface area contributed by atoms with Gasteiger partial charge in [-0.25, -0.2) is 9.37 Å². The van der Waals surface area contributed by atoms with Gasteiger partial charge in [0.2, 0.25) is 0 Å². The summed E-state index contributed by atoms with van der Waals surface area (Å²) in [5, 5.41) is 12.0. The lowest BCUT2D eigenvalue weighted by molar-refractivity contribution is -0.137. The summed E-state index contributed by atoms with van der Waals surface area (Å²) in [6.07, 6.45) is -1.04. The van der Waals surface area contributed by atoms with Gasteiger partial charge in [0.15, 0.2) is 11.1 Å². The van der Waals surface area contributed by atoms with Crippen molar-refractivity contribution in [2.45, 2.75) is 26.1 Å². The number of aromatic nitrogens is 2. The van der Waals surface area contributed by atoms with E-state index in [9.17, 15) is 27.6 Å². The maximum atomic E-state index is 13.8. The summed E-state index contributed by atoms with van der Waals surface area (Å²) in [6, 6.07) is 6.94. The Morgan fingerprint density at radius 3 is 2.65 bits per heavy atom. The van der Waals surface area contributed by atoms with E-state index in [1.165, 1.54) is 19.3 Å². The fourth-order valence-corrected chi connectivity index (χ4v) is 3.64. The summed E-state index contributed by atoms with van der Waals surface area (Å²) < 4.78 is 60.7. The molecule has 6 nitrogen and oxygen atoms in total. The molecule has 0 saturated heterocycles. The molecule has 0 fully saturated rings. The molecule has 1 N–H and O–H groups in total. The molecular formula is C24H16F4N4O2. The van der Waals surface area contributed by atoms with E-state index in [4.69, 9.17) is 4.42 Å². The maximum Gasteiger partial charge on any atom is 0.416 e. The number of fused-ring (bicyclic) bond motifs is 1. The van der Waals surface area contributed by atoms with E-state index in [0.717, 1.165) is 24.4 Å². The van der Waals surface area contributed by atoms with E-state index in [1.54, 1.807) is 19.1 Å². The van der Waals surface area contributed by atoms with Crippen molar-refractivity contribution in [2.24, 2.45) is 0 Å². The minimum absolute atomic E-state index is 0.00296. The highest BCUT2D eigenvalue weighted by atomic mass is 19.4. The smallest absolute Gasteiger partial charge is 0.416 e. The zero-order valence-electron chi connectivity index (χ0n) is 17.9. The van der Waals surface area contributed by atoms with Crippen LogP contribution in [0.2, 0.25) is 0 Å². The number of anilines is 1. The minimum atomic E-state index is -4.72. The highest BCUT2D eigenvalue weighted by Gasteiger charge is 2.33. The zero-order chi connectivity index (χ0) is 24.6. The van der Waals surface area contributed by atoms with Crippen LogP contribution in [-0.4, -0.2) is 9.97 Å². The fourth-order valence-electron chi connectivity index (χ4n) is 3.64. The number of benzene rings is 1. The van der Waals surface area contributed by atoms with Crippen LogP contribution in [0.15, 0.2) is 58.1 Å². The lowest BCUT2D eigenvalue weighted by Crippen LogP contribution is -2.15. The van der Waals surface area contributed by atoms with E-state index < -0.39 is 29.0 Å². The summed E-state index contributed by atoms with van der Waals surface area (Å²) in [7, 11) is 0. The van der Waals surface area contributed by atoms with Crippen LogP contribution in [0.4, 0.5) is 23.2 Å². The standard InChI is InChI=1S/C24H16F4N4O2/c1-12-21(33)18-8-15(24(26,27)28)7-17(13(2)32-19-4-3-5-31-20(19)9-29)23(18)34-22(12)14-6-16(25)11-30-10-14/h3-8,10-11,13,32H,1-2H3/t13-/m1/s1. The molecule has 172 valence electrons. The minimum Gasteiger partial charge on any atom is -0.455 e. The van der Waals surface area contributed by atoms with Gasteiger partial charge in [0.25, 0.3) is 0 Å².